The van der Waals surface area contributed by atoms with Crippen LogP contribution in [0.15, 0.2) is 42.6 Å². The van der Waals surface area contributed by atoms with Crippen molar-refractivity contribution >= 4 is 21.9 Å². The Kier molecular flexibility index (Phi) is 6.59. The van der Waals surface area contributed by atoms with Crippen molar-refractivity contribution in [1.29, 1.82) is 0 Å². The summed E-state index contributed by atoms with van der Waals surface area (Å²) in [5.74, 6) is -0.0766. The van der Waals surface area contributed by atoms with E-state index in [4.69, 9.17) is 9.84 Å². The number of nitrogens with zero attached hydrogens (tertiary/aromatic N) is 1. The van der Waals surface area contributed by atoms with Crippen LogP contribution in [-0.4, -0.2) is 27.5 Å². The highest BCUT2D eigenvalue weighted by atomic mass is 79.9. The normalized spacial score (nSPS) is 11.9. The zero-order chi connectivity index (χ0) is 16.7. The highest BCUT2D eigenvalue weighted by Gasteiger charge is 2.13. The second kappa shape index (κ2) is 8.67. The number of aromatic nitrogens is 1. The zero-order valence-electron chi connectivity index (χ0n) is 13.0. The van der Waals surface area contributed by atoms with E-state index in [9.17, 15) is 4.79 Å². The molecule has 0 saturated heterocycles. The zero-order valence-corrected chi connectivity index (χ0v) is 14.6. The van der Waals surface area contributed by atoms with Crippen molar-refractivity contribution in [3.63, 3.8) is 0 Å². The molecule has 2 aromatic rings. The van der Waals surface area contributed by atoms with E-state index in [0.717, 1.165) is 29.8 Å². The number of aryl methyl sites for hydroxylation is 1. The lowest BCUT2D eigenvalue weighted by atomic mass is 10.1. The minimum Gasteiger partial charge on any atom is -0.493 e. The molecule has 5 heteroatoms. The molecule has 1 aromatic carbocycles. The molecule has 1 aromatic heterocycles. The third-order valence-electron chi connectivity index (χ3n) is 3.53. The number of carbonyl (C=O) groups is 1. The van der Waals surface area contributed by atoms with Gasteiger partial charge < -0.3 is 9.84 Å². The average Bonchev–Trinajstić information content (AvgIpc) is 2.57. The van der Waals surface area contributed by atoms with Gasteiger partial charge in [0.2, 0.25) is 0 Å². The van der Waals surface area contributed by atoms with Crippen LogP contribution in [0.25, 0.3) is 0 Å². The van der Waals surface area contributed by atoms with Crippen LogP contribution in [0.5, 0.6) is 5.75 Å². The van der Waals surface area contributed by atoms with Gasteiger partial charge in [-0.25, -0.2) is 0 Å². The van der Waals surface area contributed by atoms with Crippen LogP contribution in [0.1, 0.15) is 23.7 Å². The molecule has 0 aliphatic heterocycles. The molecule has 4 nitrogen and oxygen atoms in total. The summed E-state index contributed by atoms with van der Waals surface area (Å²) in [6.07, 6.45) is 4.11. The second-order valence-electron chi connectivity index (χ2n) is 5.26. The predicted octanol–water partition coefficient (Wildman–Crippen LogP) is 3.66. The fourth-order valence-electron chi connectivity index (χ4n) is 2.10. The van der Waals surface area contributed by atoms with Crippen LogP contribution < -0.4 is 4.74 Å². The Balaban J connectivity index is 1.80. The van der Waals surface area contributed by atoms with E-state index in [-0.39, 0.29) is 0 Å². The summed E-state index contributed by atoms with van der Waals surface area (Å²) in [6.45, 7) is 2.67. The fourth-order valence-corrected chi connectivity index (χ4v) is 2.48. The topological polar surface area (TPSA) is 59.4 Å². The lowest BCUT2D eigenvalue weighted by Gasteiger charge is -2.08. The van der Waals surface area contributed by atoms with E-state index < -0.39 is 10.8 Å². The smallest absolute Gasteiger partial charge is 0.317 e. The number of pyridine rings is 1. The summed E-state index contributed by atoms with van der Waals surface area (Å²) >= 11 is 3.14. The number of benzene rings is 1. The standard InChI is InChI=1S/C18H20BrNO3/c1-2-13-3-6-15(20-12-13)9-10-23-16-7-4-14(5-8-16)11-17(19)18(21)22/h3-8,12,17H,2,9-11H2,1H3,(H,21,22). The van der Waals surface area contributed by atoms with E-state index in [1.807, 2.05) is 36.5 Å². The van der Waals surface area contributed by atoms with Crippen LogP contribution in [0.2, 0.25) is 0 Å². The molecule has 0 aliphatic carbocycles. The van der Waals surface area contributed by atoms with Crippen molar-refractivity contribution in [1.82, 2.24) is 4.98 Å². The fraction of sp³-hybridized carbons (Fsp3) is 0.333. The maximum Gasteiger partial charge on any atom is 0.317 e. The third kappa shape index (κ3) is 5.67. The van der Waals surface area contributed by atoms with Crippen LogP contribution in [0.4, 0.5) is 0 Å². The summed E-state index contributed by atoms with van der Waals surface area (Å²) < 4.78 is 5.71. The van der Waals surface area contributed by atoms with Gasteiger partial charge in [0.15, 0.2) is 0 Å². The van der Waals surface area contributed by atoms with Crippen LogP contribution >= 0.6 is 15.9 Å². The summed E-state index contributed by atoms with van der Waals surface area (Å²) in [7, 11) is 0. The number of alkyl halides is 1. The Morgan fingerprint density at radius 1 is 1.22 bits per heavy atom. The van der Waals surface area contributed by atoms with Gasteiger partial charge in [0.25, 0.3) is 0 Å². The lowest BCUT2D eigenvalue weighted by molar-refractivity contribution is -0.136. The summed E-state index contributed by atoms with van der Waals surface area (Å²) in [5, 5.41) is 8.88. The molecule has 0 radical (unpaired) electrons. The molecule has 1 atom stereocenters. The number of aliphatic carboxylic acids is 1. The molecular weight excluding hydrogens is 358 g/mol. The highest BCUT2D eigenvalue weighted by molar-refractivity contribution is 9.10. The summed E-state index contributed by atoms with van der Waals surface area (Å²) in [6, 6.07) is 11.6. The van der Waals surface area contributed by atoms with E-state index in [1.54, 1.807) is 0 Å². The van der Waals surface area contributed by atoms with E-state index in [0.29, 0.717) is 13.0 Å². The van der Waals surface area contributed by atoms with Gasteiger partial charge in [0.05, 0.1) is 6.61 Å². The monoisotopic (exact) mass is 377 g/mol. The molecule has 2 rings (SSSR count). The molecule has 122 valence electrons. The van der Waals surface area contributed by atoms with Gasteiger partial charge in [0.1, 0.15) is 10.6 Å². The van der Waals surface area contributed by atoms with Crippen LogP contribution in [-0.2, 0) is 24.1 Å². The Morgan fingerprint density at radius 3 is 2.48 bits per heavy atom. The van der Waals surface area contributed by atoms with Crippen molar-refractivity contribution in [2.24, 2.45) is 0 Å². The molecule has 23 heavy (non-hydrogen) atoms. The SMILES string of the molecule is CCc1ccc(CCOc2ccc(CC(Br)C(=O)O)cc2)nc1. The molecule has 0 spiro atoms. The summed E-state index contributed by atoms with van der Waals surface area (Å²) in [4.78, 5) is 14.6. The molecule has 0 saturated carbocycles. The summed E-state index contributed by atoms with van der Waals surface area (Å²) in [5.41, 5.74) is 3.21. The van der Waals surface area contributed by atoms with Crippen LogP contribution in [0.3, 0.4) is 0 Å². The van der Waals surface area contributed by atoms with Crippen LogP contribution in [0, 0.1) is 0 Å². The number of hydrogen-bond donors (Lipinski definition) is 1. The number of ether oxygens (including phenoxy) is 1. The van der Waals surface area contributed by atoms with Gasteiger partial charge in [-0.15, -0.1) is 0 Å². The Morgan fingerprint density at radius 2 is 1.91 bits per heavy atom. The van der Waals surface area contributed by atoms with Gasteiger partial charge >= 0.3 is 5.97 Å². The number of carboxylic acid groups (broad SMARTS) is 1. The van der Waals surface area contributed by atoms with Crippen molar-refractivity contribution in [2.75, 3.05) is 6.61 Å². The molecule has 0 amide bonds. The first-order valence-corrected chi connectivity index (χ1v) is 8.52. The molecule has 1 N–H and O–H groups in total. The number of hydrogen-bond acceptors (Lipinski definition) is 3. The molecule has 0 aliphatic rings. The average molecular weight is 378 g/mol. The van der Waals surface area contributed by atoms with Gasteiger partial charge in [-0.2, -0.15) is 0 Å². The lowest BCUT2D eigenvalue weighted by Crippen LogP contribution is -2.15. The molecule has 0 bridgehead atoms. The molecule has 0 fully saturated rings. The third-order valence-corrected chi connectivity index (χ3v) is 4.24. The van der Waals surface area contributed by atoms with Crippen molar-refractivity contribution in [3.05, 3.63) is 59.4 Å². The maximum atomic E-state index is 10.8. The first kappa shape index (κ1) is 17.5. The number of rotatable bonds is 8. The highest BCUT2D eigenvalue weighted by Crippen LogP contribution is 2.16. The quantitative estimate of drug-likeness (QED) is 0.713. The van der Waals surface area contributed by atoms with E-state index in [2.05, 4.69) is 33.9 Å². The van der Waals surface area contributed by atoms with E-state index >= 15 is 0 Å². The first-order valence-electron chi connectivity index (χ1n) is 7.61. The molecule has 1 heterocycles. The van der Waals surface area contributed by atoms with Gasteiger partial charge in [-0.05, 0) is 42.2 Å². The largest absolute Gasteiger partial charge is 0.493 e. The Bertz CT molecular complexity index is 626. The van der Waals surface area contributed by atoms with Gasteiger partial charge in [-0.1, -0.05) is 41.1 Å². The molecular formula is C18H20BrNO3. The number of halogens is 1. The maximum absolute atomic E-state index is 10.8. The van der Waals surface area contributed by atoms with Crippen molar-refractivity contribution in [3.8, 4) is 5.75 Å². The predicted molar refractivity (Wildman–Crippen MR) is 93.3 cm³/mol. The second-order valence-corrected chi connectivity index (χ2v) is 6.37. The molecule has 1 unspecified atom stereocenters. The number of carboxylic acids is 1. The van der Waals surface area contributed by atoms with Crippen molar-refractivity contribution < 1.29 is 14.6 Å². The first-order chi connectivity index (χ1) is 11.1. The Hall–Kier alpha value is -1.88. The van der Waals surface area contributed by atoms with E-state index in [1.165, 1.54) is 5.56 Å². The minimum atomic E-state index is -0.855. The minimum absolute atomic E-state index is 0.448. The van der Waals surface area contributed by atoms with Crippen molar-refractivity contribution in [2.45, 2.75) is 31.0 Å². The Labute approximate surface area is 144 Å². The van der Waals surface area contributed by atoms with Gasteiger partial charge in [-0.3, -0.25) is 9.78 Å². The van der Waals surface area contributed by atoms with Gasteiger partial charge in [0, 0.05) is 18.3 Å².